The lowest BCUT2D eigenvalue weighted by atomic mass is 9.94. The fourth-order valence-corrected chi connectivity index (χ4v) is 2.32. The highest BCUT2D eigenvalue weighted by Gasteiger charge is 2.29. The molecule has 0 aromatic rings. The molecule has 2 aliphatic carbocycles. The lowest BCUT2D eigenvalue weighted by molar-refractivity contribution is 0.394. The summed E-state index contributed by atoms with van der Waals surface area (Å²) in [6.07, 6.45) is 9.93. The monoisotopic (exact) mass is 153 g/mol. The molecule has 64 valence electrons. The average molecular weight is 153 g/mol. The summed E-state index contributed by atoms with van der Waals surface area (Å²) >= 11 is 0. The minimum Gasteiger partial charge on any atom is -0.327 e. The van der Waals surface area contributed by atoms with Crippen LogP contribution in [0.15, 0.2) is 0 Å². The van der Waals surface area contributed by atoms with Crippen LogP contribution in [0, 0.1) is 11.8 Å². The second-order valence-electron chi connectivity index (χ2n) is 4.39. The van der Waals surface area contributed by atoms with Crippen molar-refractivity contribution in [2.45, 2.75) is 51.0 Å². The van der Waals surface area contributed by atoms with Gasteiger partial charge in [-0.25, -0.2) is 0 Å². The fourth-order valence-electron chi connectivity index (χ4n) is 2.32. The Morgan fingerprint density at radius 3 is 2.27 bits per heavy atom. The fraction of sp³-hybridized carbons (Fsp3) is 1.00. The molecule has 11 heavy (non-hydrogen) atoms. The zero-order chi connectivity index (χ0) is 7.68. The SMILES string of the molecule is N[C@@H](CC1CC1)C1CCCC1. The third kappa shape index (κ3) is 1.96. The lowest BCUT2D eigenvalue weighted by Gasteiger charge is -2.17. The Labute approximate surface area is 69.4 Å². The van der Waals surface area contributed by atoms with Crippen LogP contribution in [0.1, 0.15) is 44.9 Å². The van der Waals surface area contributed by atoms with Crippen LogP contribution >= 0.6 is 0 Å². The van der Waals surface area contributed by atoms with E-state index in [0.717, 1.165) is 11.8 Å². The van der Waals surface area contributed by atoms with E-state index in [4.69, 9.17) is 5.73 Å². The summed E-state index contributed by atoms with van der Waals surface area (Å²) in [7, 11) is 0. The van der Waals surface area contributed by atoms with Gasteiger partial charge in [0.25, 0.3) is 0 Å². The summed E-state index contributed by atoms with van der Waals surface area (Å²) in [6, 6.07) is 0.546. The van der Waals surface area contributed by atoms with Gasteiger partial charge in [0.2, 0.25) is 0 Å². The van der Waals surface area contributed by atoms with E-state index >= 15 is 0 Å². The topological polar surface area (TPSA) is 26.0 Å². The van der Waals surface area contributed by atoms with Gasteiger partial charge in [-0.05, 0) is 31.1 Å². The maximum absolute atomic E-state index is 6.12. The molecule has 0 unspecified atom stereocenters. The standard InChI is InChI=1S/C10H19N/c11-10(7-8-5-6-8)9-3-1-2-4-9/h8-10H,1-7,11H2/t10-/m0/s1. The number of nitrogens with two attached hydrogens (primary N) is 1. The Bertz CT molecular complexity index is 123. The van der Waals surface area contributed by atoms with Crippen molar-refractivity contribution >= 4 is 0 Å². The zero-order valence-electron chi connectivity index (χ0n) is 7.26. The van der Waals surface area contributed by atoms with Crippen molar-refractivity contribution in [3.8, 4) is 0 Å². The molecular formula is C10H19N. The predicted molar refractivity (Wildman–Crippen MR) is 47.3 cm³/mol. The zero-order valence-corrected chi connectivity index (χ0v) is 7.26. The summed E-state index contributed by atoms with van der Waals surface area (Å²) in [5, 5.41) is 0. The molecule has 2 rings (SSSR count). The average Bonchev–Trinajstić information content (AvgIpc) is 2.67. The third-order valence-corrected chi connectivity index (χ3v) is 3.31. The van der Waals surface area contributed by atoms with Gasteiger partial charge in [-0.1, -0.05) is 25.7 Å². The molecule has 0 saturated heterocycles. The predicted octanol–water partition coefficient (Wildman–Crippen LogP) is 2.30. The van der Waals surface area contributed by atoms with Crippen LogP contribution in [0.25, 0.3) is 0 Å². The molecule has 1 nitrogen and oxygen atoms in total. The lowest BCUT2D eigenvalue weighted by Crippen LogP contribution is -2.28. The van der Waals surface area contributed by atoms with Crippen LogP contribution in [-0.4, -0.2) is 6.04 Å². The second kappa shape index (κ2) is 3.14. The molecule has 2 N–H and O–H groups in total. The first-order valence-electron chi connectivity index (χ1n) is 5.12. The van der Waals surface area contributed by atoms with Gasteiger partial charge in [-0.2, -0.15) is 0 Å². The smallest absolute Gasteiger partial charge is 0.00697 e. The molecule has 0 aromatic heterocycles. The van der Waals surface area contributed by atoms with E-state index in [1.807, 2.05) is 0 Å². The maximum atomic E-state index is 6.12. The van der Waals surface area contributed by atoms with Gasteiger partial charge in [0.1, 0.15) is 0 Å². The molecule has 0 radical (unpaired) electrons. The van der Waals surface area contributed by atoms with E-state index in [1.54, 1.807) is 0 Å². The van der Waals surface area contributed by atoms with Gasteiger partial charge >= 0.3 is 0 Å². The molecule has 0 bridgehead atoms. The summed E-state index contributed by atoms with van der Waals surface area (Å²) < 4.78 is 0. The van der Waals surface area contributed by atoms with Crippen molar-refractivity contribution in [1.29, 1.82) is 0 Å². The van der Waals surface area contributed by atoms with Crippen LogP contribution in [0.5, 0.6) is 0 Å². The van der Waals surface area contributed by atoms with Gasteiger partial charge in [0, 0.05) is 6.04 Å². The molecule has 0 amide bonds. The largest absolute Gasteiger partial charge is 0.327 e. The third-order valence-electron chi connectivity index (χ3n) is 3.31. The van der Waals surface area contributed by atoms with Gasteiger partial charge in [-0.15, -0.1) is 0 Å². The highest BCUT2D eigenvalue weighted by atomic mass is 14.7. The molecule has 0 aromatic carbocycles. The minimum atomic E-state index is 0.546. The second-order valence-corrected chi connectivity index (χ2v) is 4.39. The Hall–Kier alpha value is -0.0400. The summed E-state index contributed by atoms with van der Waals surface area (Å²) in [5.41, 5.74) is 6.12. The molecule has 1 atom stereocenters. The van der Waals surface area contributed by atoms with Crippen molar-refractivity contribution in [3.05, 3.63) is 0 Å². The normalized spacial score (nSPS) is 29.2. The van der Waals surface area contributed by atoms with E-state index < -0.39 is 0 Å². The van der Waals surface area contributed by atoms with Crippen LogP contribution in [0.2, 0.25) is 0 Å². The Morgan fingerprint density at radius 1 is 1.09 bits per heavy atom. The first-order chi connectivity index (χ1) is 5.36. The Kier molecular flexibility index (Phi) is 2.17. The van der Waals surface area contributed by atoms with E-state index in [2.05, 4.69) is 0 Å². The molecule has 1 heteroatoms. The van der Waals surface area contributed by atoms with Crippen LogP contribution in [0.4, 0.5) is 0 Å². The molecular weight excluding hydrogens is 134 g/mol. The summed E-state index contributed by atoms with van der Waals surface area (Å²) in [6.45, 7) is 0. The van der Waals surface area contributed by atoms with E-state index in [-0.39, 0.29) is 0 Å². The van der Waals surface area contributed by atoms with Gasteiger partial charge in [0.15, 0.2) is 0 Å². The number of hydrogen-bond donors (Lipinski definition) is 1. The van der Waals surface area contributed by atoms with Gasteiger partial charge in [0.05, 0.1) is 0 Å². The number of rotatable bonds is 3. The molecule has 0 heterocycles. The Morgan fingerprint density at radius 2 is 1.73 bits per heavy atom. The van der Waals surface area contributed by atoms with E-state index in [9.17, 15) is 0 Å². The van der Waals surface area contributed by atoms with Gasteiger partial charge < -0.3 is 5.73 Å². The van der Waals surface area contributed by atoms with Crippen molar-refractivity contribution in [3.63, 3.8) is 0 Å². The van der Waals surface area contributed by atoms with Crippen molar-refractivity contribution in [1.82, 2.24) is 0 Å². The molecule has 2 aliphatic rings. The van der Waals surface area contributed by atoms with Crippen molar-refractivity contribution in [2.75, 3.05) is 0 Å². The molecule has 2 saturated carbocycles. The van der Waals surface area contributed by atoms with Crippen molar-refractivity contribution in [2.24, 2.45) is 17.6 Å². The minimum absolute atomic E-state index is 0.546. The van der Waals surface area contributed by atoms with Crippen LogP contribution in [0.3, 0.4) is 0 Å². The summed E-state index contributed by atoms with van der Waals surface area (Å²) in [4.78, 5) is 0. The number of hydrogen-bond acceptors (Lipinski definition) is 1. The molecule has 0 aliphatic heterocycles. The first-order valence-corrected chi connectivity index (χ1v) is 5.12. The highest BCUT2D eigenvalue weighted by molar-refractivity contribution is 4.84. The van der Waals surface area contributed by atoms with Crippen LogP contribution in [-0.2, 0) is 0 Å². The maximum Gasteiger partial charge on any atom is 0.00697 e. The Balaban J connectivity index is 1.73. The van der Waals surface area contributed by atoms with Crippen LogP contribution < -0.4 is 5.73 Å². The molecule has 2 fully saturated rings. The van der Waals surface area contributed by atoms with Gasteiger partial charge in [-0.3, -0.25) is 0 Å². The van der Waals surface area contributed by atoms with E-state index in [0.29, 0.717) is 6.04 Å². The van der Waals surface area contributed by atoms with E-state index in [1.165, 1.54) is 44.9 Å². The highest BCUT2D eigenvalue weighted by Crippen LogP contribution is 2.37. The quantitative estimate of drug-likeness (QED) is 0.661. The first kappa shape index (κ1) is 7.60. The summed E-state index contributed by atoms with van der Waals surface area (Å²) in [5.74, 6) is 1.90. The van der Waals surface area contributed by atoms with Crippen molar-refractivity contribution < 1.29 is 0 Å². The molecule has 0 spiro atoms.